The highest BCUT2D eigenvalue weighted by Crippen LogP contribution is 2.37. The molecule has 1 heterocycles. The molecule has 1 aromatic heterocycles. The summed E-state index contributed by atoms with van der Waals surface area (Å²) in [6, 6.07) is 4.92. The van der Waals surface area contributed by atoms with Gasteiger partial charge in [-0.3, -0.25) is 4.21 Å². The highest BCUT2D eigenvalue weighted by Gasteiger charge is 2.26. The van der Waals surface area contributed by atoms with Crippen LogP contribution in [0.1, 0.15) is 43.0 Å². The second-order valence-corrected chi connectivity index (χ2v) is 7.66. The van der Waals surface area contributed by atoms with Gasteiger partial charge in [0.1, 0.15) is 0 Å². The van der Waals surface area contributed by atoms with Crippen LogP contribution in [0.3, 0.4) is 0 Å². The molecule has 0 saturated heterocycles. The predicted octanol–water partition coefficient (Wildman–Crippen LogP) is 3.34. The van der Waals surface area contributed by atoms with Crippen LogP contribution in [0.25, 0.3) is 0 Å². The summed E-state index contributed by atoms with van der Waals surface area (Å²) in [5.41, 5.74) is 0. The molecular formula is C14H23NOS2. The van der Waals surface area contributed by atoms with Crippen molar-refractivity contribution < 1.29 is 4.21 Å². The number of hydrogen-bond donors (Lipinski definition) is 1. The molecule has 2 rings (SSSR count). The van der Waals surface area contributed by atoms with Crippen LogP contribution in [-0.4, -0.2) is 22.8 Å². The quantitative estimate of drug-likeness (QED) is 0.779. The van der Waals surface area contributed by atoms with Crippen molar-refractivity contribution in [2.24, 2.45) is 5.92 Å². The molecule has 0 radical (unpaired) electrons. The monoisotopic (exact) mass is 285 g/mol. The molecule has 0 amide bonds. The Morgan fingerprint density at radius 3 is 2.89 bits per heavy atom. The summed E-state index contributed by atoms with van der Waals surface area (Å²) < 4.78 is 11.1. The molecule has 1 N–H and O–H groups in total. The van der Waals surface area contributed by atoms with Crippen LogP contribution in [0, 0.1) is 5.92 Å². The molecule has 2 atom stereocenters. The van der Waals surface area contributed by atoms with Crippen LogP contribution < -0.4 is 5.32 Å². The molecule has 18 heavy (non-hydrogen) atoms. The van der Waals surface area contributed by atoms with Gasteiger partial charge in [-0.2, -0.15) is 0 Å². The molecule has 2 nitrogen and oxygen atoms in total. The maximum Gasteiger partial charge on any atom is 0.0443 e. The SMILES string of the molecule is CS(=O)CCCNC(c1cccs1)C1CCCC1. The summed E-state index contributed by atoms with van der Waals surface area (Å²) in [5.74, 6) is 1.62. The first-order valence-corrected chi connectivity index (χ1v) is 9.45. The van der Waals surface area contributed by atoms with Gasteiger partial charge >= 0.3 is 0 Å². The van der Waals surface area contributed by atoms with Crippen LogP contribution in [0.5, 0.6) is 0 Å². The third kappa shape index (κ3) is 4.18. The van der Waals surface area contributed by atoms with E-state index in [0.29, 0.717) is 6.04 Å². The van der Waals surface area contributed by atoms with E-state index in [0.717, 1.165) is 24.6 Å². The van der Waals surface area contributed by atoms with E-state index in [1.165, 1.54) is 30.6 Å². The van der Waals surface area contributed by atoms with E-state index in [-0.39, 0.29) is 0 Å². The summed E-state index contributed by atoms with van der Waals surface area (Å²) in [6.07, 6.45) is 8.27. The fourth-order valence-electron chi connectivity index (χ4n) is 2.79. The lowest BCUT2D eigenvalue weighted by molar-refractivity contribution is 0.373. The van der Waals surface area contributed by atoms with Crippen molar-refractivity contribution in [3.05, 3.63) is 22.4 Å². The van der Waals surface area contributed by atoms with Gasteiger partial charge in [-0.25, -0.2) is 0 Å². The summed E-state index contributed by atoms with van der Waals surface area (Å²) in [4.78, 5) is 1.47. The first-order chi connectivity index (χ1) is 8.77. The van der Waals surface area contributed by atoms with Gasteiger partial charge in [0.15, 0.2) is 0 Å². The molecule has 1 aromatic rings. The summed E-state index contributed by atoms with van der Waals surface area (Å²) in [7, 11) is -0.656. The summed E-state index contributed by atoms with van der Waals surface area (Å²) in [6.45, 7) is 0.985. The van der Waals surface area contributed by atoms with Crippen molar-refractivity contribution in [3.63, 3.8) is 0 Å². The zero-order chi connectivity index (χ0) is 12.8. The van der Waals surface area contributed by atoms with Crippen LogP contribution in [0.15, 0.2) is 17.5 Å². The fraction of sp³-hybridized carbons (Fsp3) is 0.714. The van der Waals surface area contributed by atoms with Gasteiger partial charge in [0, 0.05) is 33.7 Å². The van der Waals surface area contributed by atoms with E-state index in [1.807, 2.05) is 11.3 Å². The molecule has 0 bridgehead atoms. The van der Waals surface area contributed by atoms with E-state index in [9.17, 15) is 4.21 Å². The van der Waals surface area contributed by atoms with E-state index < -0.39 is 10.8 Å². The molecule has 102 valence electrons. The van der Waals surface area contributed by atoms with Gasteiger partial charge in [0.2, 0.25) is 0 Å². The Hall–Kier alpha value is -0.190. The molecule has 2 unspecified atom stereocenters. The van der Waals surface area contributed by atoms with Crippen LogP contribution in [0.4, 0.5) is 0 Å². The average molecular weight is 285 g/mol. The molecule has 4 heteroatoms. The Bertz CT molecular complexity index is 358. The molecule has 1 aliphatic carbocycles. The second-order valence-electron chi connectivity index (χ2n) is 5.12. The van der Waals surface area contributed by atoms with Crippen LogP contribution in [-0.2, 0) is 10.8 Å². The average Bonchev–Trinajstić information content (AvgIpc) is 3.01. The van der Waals surface area contributed by atoms with Crippen molar-refractivity contribution in [1.29, 1.82) is 0 Å². The van der Waals surface area contributed by atoms with E-state index in [4.69, 9.17) is 0 Å². The highest BCUT2D eigenvalue weighted by atomic mass is 32.2. The Morgan fingerprint density at radius 2 is 2.28 bits per heavy atom. The zero-order valence-corrected chi connectivity index (χ0v) is 12.7. The molecule has 1 fully saturated rings. The second kappa shape index (κ2) is 7.41. The first-order valence-electron chi connectivity index (χ1n) is 6.84. The lowest BCUT2D eigenvalue weighted by Gasteiger charge is -2.23. The van der Waals surface area contributed by atoms with Crippen molar-refractivity contribution in [3.8, 4) is 0 Å². The standard InChI is InChI=1S/C14H23NOS2/c1-18(16)11-5-9-15-14(12-6-2-3-7-12)13-8-4-10-17-13/h4,8,10,12,14-15H,2-3,5-7,9,11H2,1H3. The molecule has 1 aliphatic rings. The van der Waals surface area contributed by atoms with E-state index in [1.54, 1.807) is 6.26 Å². The number of hydrogen-bond acceptors (Lipinski definition) is 3. The smallest absolute Gasteiger partial charge is 0.0443 e. The third-order valence-electron chi connectivity index (χ3n) is 3.69. The minimum Gasteiger partial charge on any atom is -0.309 e. The Kier molecular flexibility index (Phi) is 5.86. The minimum absolute atomic E-state index is 0.526. The Labute approximate surface area is 117 Å². The van der Waals surface area contributed by atoms with Gasteiger partial charge in [0.25, 0.3) is 0 Å². The van der Waals surface area contributed by atoms with Crippen molar-refractivity contribution >= 4 is 22.1 Å². The highest BCUT2D eigenvalue weighted by molar-refractivity contribution is 7.84. The van der Waals surface area contributed by atoms with E-state index in [2.05, 4.69) is 22.8 Å². The molecule has 0 spiro atoms. The van der Waals surface area contributed by atoms with Crippen molar-refractivity contribution in [2.45, 2.75) is 38.1 Å². The molecule has 1 saturated carbocycles. The van der Waals surface area contributed by atoms with Crippen LogP contribution in [0.2, 0.25) is 0 Å². The van der Waals surface area contributed by atoms with Crippen molar-refractivity contribution in [2.75, 3.05) is 18.6 Å². The normalized spacial score (nSPS) is 20.1. The summed E-state index contributed by atoms with van der Waals surface area (Å²) >= 11 is 1.86. The number of nitrogens with one attached hydrogen (secondary N) is 1. The Balaban J connectivity index is 1.86. The molecular weight excluding hydrogens is 262 g/mol. The lowest BCUT2D eigenvalue weighted by atomic mass is 9.96. The molecule has 0 aliphatic heterocycles. The molecule has 0 aromatic carbocycles. The fourth-order valence-corrected chi connectivity index (χ4v) is 4.24. The van der Waals surface area contributed by atoms with Gasteiger partial charge in [0.05, 0.1) is 0 Å². The van der Waals surface area contributed by atoms with Gasteiger partial charge in [-0.05, 0) is 43.2 Å². The largest absolute Gasteiger partial charge is 0.309 e. The minimum atomic E-state index is -0.656. The first kappa shape index (κ1) is 14.2. The number of rotatable bonds is 7. The van der Waals surface area contributed by atoms with Crippen LogP contribution >= 0.6 is 11.3 Å². The zero-order valence-electron chi connectivity index (χ0n) is 11.1. The van der Waals surface area contributed by atoms with Gasteiger partial charge in [-0.15, -0.1) is 11.3 Å². The maximum absolute atomic E-state index is 11.1. The van der Waals surface area contributed by atoms with Crippen molar-refractivity contribution in [1.82, 2.24) is 5.32 Å². The number of thiophene rings is 1. The van der Waals surface area contributed by atoms with Gasteiger partial charge < -0.3 is 5.32 Å². The van der Waals surface area contributed by atoms with Gasteiger partial charge in [-0.1, -0.05) is 18.9 Å². The Morgan fingerprint density at radius 1 is 1.50 bits per heavy atom. The predicted molar refractivity (Wildman–Crippen MR) is 80.6 cm³/mol. The lowest BCUT2D eigenvalue weighted by Crippen LogP contribution is -2.28. The maximum atomic E-state index is 11.1. The summed E-state index contributed by atoms with van der Waals surface area (Å²) in [5, 5.41) is 5.86. The third-order valence-corrected chi connectivity index (χ3v) is 5.51. The topological polar surface area (TPSA) is 29.1 Å². The van der Waals surface area contributed by atoms with E-state index >= 15 is 0 Å².